The van der Waals surface area contributed by atoms with Gasteiger partial charge in [-0.2, -0.15) is 0 Å². The Bertz CT molecular complexity index is 654. The standard InChI is InChI=1S/C12H14ClN3O2S/c1-10-2-3-11(8-12(10)13)19(17,18)15-5-7-16-6-4-14-9-16/h2-4,6,8-9,15H,5,7H2,1H3. The third-order valence-corrected chi connectivity index (χ3v) is 4.54. The highest BCUT2D eigenvalue weighted by molar-refractivity contribution is 7.89. The lowest BCUT2D eigenvalue weighted by Gasteiger charge is -2.08. The second-order valence-corrected chi connectivity index (χ2v) is 6.28. The van der Waals surface area contributed by atoms with Crippen LogP contribution in [0, 0.1) is 6.92 Å². The van der Waals surface area contributed by atoms with E-state index in [1.807, 2.05) is 6.92 Å². The first-order chi connectivity index (χ1) is 8.99. The maximum Gasteiger partial charge on any atom is 0.240 e. The Morgan fingerprint density at radius 3 is 2.84 bits per heavy atom. The third kappa shape index (κ3) is 3.56. The van der Waals surface area contributed by atoms with E-state index >= 15 is 0 Å². The van der Waals surface area contributed by atoms with Gasteiger partial charge < -0.3 is 4.57 Å². The van der Waals surface area contributed by atoms with Gasteiger partial charge in [0.05, 0.1) is 11.2 Å². The average Bonchev–Trinajstić information content (AvgIpc) is 2.85. The van der Waals surface area contributed by atoms with Crippen LogP contribution in [0.1, 0.15) is 5.56 Å². The van der Waals surface area contributed by atoms with Crippen molar-refractivity contribution in [3.05, 3.63) is 47.5 Å². The van der Waals surface area contributed by atoms with E-state index in [9.17, 15) is 8.42 Å². The molecule has 5 nitrogen and oxygen atoms in total. The predicted octanol–water partition coefficient (Wildman–Crippen LogP) is 1.82. The third-order valence-electron chi connectivity index (χ3n) is 2.67. The van der Waals surface area contributed by atoms with Crippen molar-refractivity contribution < 1.29 is 8.42 Å². The molecule has 0 amide bonds. The number of hydrogen-bond donors (Lipinski definition) is 1. The van der Waals surface area contributed by atoms with Gasteiger partial charge in [0, 0.05) is 30.5 Å². The quantitative estimate of drug-likeness (QED) is 0.916. The van der Waals surface area contributed by atoms with Crippen LogP contribution in [-0.4, -0.2) is 24.5 Å². The molecular weight excluding hydrogens is 286 g/mol. The van der Waals surface area contributed by atoms with Crippen molar-refractivity contribution in [2.75, 3.05) is 6.54 Å². The molecule has 7 heteroatoms. The highest BCUT2D eigenvalue weighted by Crippen LogP contribution is 2.19. The van der Waals surface area contributed by atoms with Crippen LogP contribution >= 0.6 is 11.6 Å². The van der Waals surface area contributed by atoms with E-state index < -0.39 is 10.0 Å². The molecule has 19 heavy (non-hydrogen) atoms. The van der Waals surface area contributed by atoms with E-state index in [0.29, 0.717) is 18.1 Å². The summed E-state index contributed by atoms with van der Waals surface area (Å²) in [5.41, 5.74) is 0.846. The summed E-state index contributed by atoms with van der Waals surface area (Å²) in [6.45, 7) is 2.65. The fraction of sp³-hybridized carbons (Fsp3) is 0.250. The molecule has 0 unspecified atom stereocenters. The zero-order valence-corrected chi connectivity index (χ0v) is 11.9. The molecule has 0 spiro atoms. The summed E-state index contributed by atoms with van der Waals surface area (Å²) < 4.78 is 28.4. The van der Waals surface area contributed by atoms with Gasteiger partial charge >= 0.3 is 0 Å². The molecular formula is C12H14ClN3O2S. The van der Waals surface area contributed by atoms with E-state index in [4.69, 9.17) is 11.6 Å². The topological polar surface area (TPSA) is 64.0 Å². The Morgan fingerprint density at radius 1 is 1.42 bits per heavy atom. The SMILES string of the molecule is Cc1ccc(S(=O)(=O)NCCn2ccnc2)cc1Cl. The summed E-state index contributed by atoms with van der Waals surface area (Å²) in [7, 11) is -3.52. The first-order valence-corrected chi connectivity index (χ1v) is 7.57. The number of halogens is 1. The molecule has 0 atom stereocenters. The maximum atomic E-state index is 12.0. The summed E-state index contributed by atoms with van der Waals surface area (Å²) in [4.78, 5) is 4.06. The molecule has 1 heterocycles. The number of rotatable bonds is 5. The van der Waals surface area contributed by atoms with Crippen LogP contribution in [0.4, 0.5) is 0 Å². The molecule has 2 rings (SSSR count). The minimum absolute atomic E-state index is 0.175. The fourth-order valence-electron chi connectivity index (χ4n) is 1.55. The molecule has 0 aliphatic rings. The van der Waals surface area contributed by atoms with Gasteiger partial charge in [-0.05, 0) is 24.6 Å². The van der Waals surface area contributed by atoms with Gasteiger partial charge in [0.2, 0.25) is 10.0 Å². The molecule has 1 aromatic carbocycles. The maximum absolute atomic E-state index is 12.0. The second-order valence-electron chi connectivity index (χ2n) is 4.11. The molecule has 0 bridgehead atoms. The molecule has 0 aliphatic carbocycles. The van der Waals surface area contributed by atoms with Crippen molar-refractivity contribution >= 4 is 21.6 Å². The highest BCUT2D eigenvalue weighted by Gasteiger charge is 2.14. The molecule has 0 fully saturated rings. The molecule has 0 aliphatic heterocycles. The van der Waals surface area contributed by atoms with Crippen LogP contribution in [0.3, 0.4) is 0 Å². The van der Waals surface area contributed by atoms with Crippen molar-refractivity contribution in [2.24, 2.45) is 0 Å². The van der Waals surface area contributed by atoms with E-state index in [1.165, 1.54) is 6.07 Å². The number of nitrogens with one attached hydrogen (secondary N) is 1. The first-order valence-electron chi connectivity index (χ1n) is 5.70. The molecule has 2 aromatic rings. The van der Waals surface area contributed by atoms with E-state index in [1.54, 1.807) is 35.4 Å². The lowest BCUT2D eigenvalue weighted by molar-refractivity contribution is 0.573. The van der Waals surface area contributed by atoms with E-state index in [0.717, 1.165) is 5.56 Å². The van der Waals surface area contributed by atoms with Gasteiger partial charge in [-0.3, -0.25) is 0 Å². The fourth-order valence-corrected chi connectivity index (χ4v) is 2.84. The molecule has 1 aromatic heterocycles. The predicted molar refractivity (Wildman–Crippen MR) is 73.6 cm³/mol. The zero-order chi connectivity index (χ0) is 13.9. The molecule has 0 saturated carbocycles. The number of imidazole rings is 1. The van der Waals surface area contributed by atoms with Gasteiger partial charge in [-0.1, -0.05) is 17.7 Å². The highest BCUT2D eigenvalue weighted by atomic mass is 35.5. The Labute approximate surface area is 117 Å². The number of aryl methyl sites for hydroxylation is 1. The van der Waals surface area contributed by atoms with E-state index in [2.05, 4.69) is 9.71 Å². The van der Waals surface area contributed by atoms with Crippen LogP contribution in [0.25, 0.3) is 0 Å². The minimum atomic E-state index is -3.52. The lowest BCUT2D eigenvalue weighted by Crippen LogP contribution is -2.27. The molecule has 0 radical (unpaired) electrons. The number of nitrogens with zero attached hydrogens (tertiary/aromatic N) is 2. The zero-order valence-electron chi connectivity index (χ0n) is 10.4. The smallest absolute Gasteiger partial charge is 0.240 e. The van der Waals surface area contributed by atoms with Gasteiger partial charge in [-0.15, -0.1) is 0 Å². The second kappa shape index (κ2) is 5.73. The number of benzene rings is 1. The van der Waals surface area contributed by atoms with Crippen molar-refractivity contribution in [1.82, 2.24) is 14.3 Å². The van der Waals surface area contributed by atoms with Crippen molar-refractivity contribution in [2.45, 2.75) is 18.4 Å². The van der Waals surface area contributed by atoms with Crippen molar-refractivity contribution in [3.63, 3.8) is 0 Å². The van der Waals surface area contributed by atoms with Crippen LogP contribution < -0.4 is 4.72 Å². The Hall–Kier alpha value is -1.37. The largest absolute Gasteiger partial charge is 0.336 e. The molecule has 1 N–H and O–H groups in total. The average molecular weight is 300 g/mol. The first kappa shape index (κ1) is 14.0. The monoisotopic (exact) mass is 299 g/mol. The van der Waals surface area contributed by atoms with Crippen molar-refractivity contribution in [3.8, 4) is 0 Å². The van der Waals surface area contributed by atoms with E-state index in [-0.39, 0.29) is 4.90 Å². The van der Waals surface area contributed by atoms with Crippen LogP contribution in [0.15, 0.2) is 41.8 Å². The Kier molecular flexibility index (Phi) is 4.24. The Balaban J connectivity index is 2.03. The van der Waals surface area contributed by atoms with Crippen LogP contribution in [0.2, 0.25) is 5.02 Å². The lowest BCUT2D eigenvalue weighted by atomic mass is 10.2. The van der Waals surface area contributed by atoms with Crippen LogP contribution in [-0.2, 0) is 16.6 Å². The summed E-state index contributed by atoms with van der Waals surface area (Å²) in [5.74, 6) is 0. The summed E-state index contributed by atoms with van der Waals surface area (Å²) >= 11 is 5.93. The number of sulfonamides is 1. The summed E-state index contributed by atoms with van der Waals surface area (Å²) in [6.07, 6.45) is 5.06. The summed E-state index contributed by atoms with van der Waals surface area (Å²) in [6, 6.07) is 4.68. The van der Waals surface area contributed by atoms with Crippen LogP contribution in [0.5, 0.6) is 0 Å². The molecule has 102 valence electrons. The van der Waals surface area contributed by atoms with Gasteiger partial charge in [-0.25, -0.2) is 18.1 Å². The summed E-state index contributed by atoms with van der Waals surface area (Å²) in [5, 5.41) is 0.442. The normalized spacial score (nSPS) is 11.7. The molecule has 0 saturated heterocycles. The van der Waals surface area contributed by atoms with Gasteiger partial charge in [0.1, 0.15) is 0 Å². The number of hydrogen-bond acceptors (Lipinski definition) is 3. The Morgan fingerprint density at radius 2 is 2.21 bits per heavy atom. The van der Waals surface area contributed by atoms with Gasteiger partial charge in [0.25, 0.3) is 0 Å². The van der Waals surface area contributed by atoms with Gasteiger partial charge in [0.15, 0.2) is 0 Å². The minimum Gasteiger partial charge on any atom is -0.336 e. The number of aromatic nitrogens is 2. The van der Waals surface area contributed by atoms with Crippen molar-refractivity contribution in [1.29, 1.82) is 0 Å².